The van der Waals surface area contributed by atoms with Crippen LogP contribution in [-0.4, -0.2) is 4.98 Å². The van der Waals surface area contributed by atoms with Gasteiger partial charge in [-0.25, -0.2) is 0 Å². The largest absolute Gasteiger partial charge is 0.488 e. The van der Waals surface area contributed by atoms with Crippen molar-refractivity contribution < 1.29 is 17.9 Å². The highest BCUT2D eigenvalue weighted by Gasteiger charge is 2.30. The van der Waals surface area contributed by atoms with Crippen LogP contribution >= 0.6 is 0 Å². The summed E-state index contributed by atoms with van der Waals surface area (Å²) in [5.74, 6) is 0.362. The number of halogens is 3. The van der Waals surface area contributed by atoms with Gasteiger partial charge in [0.2, 0.25) is 0 Å². The number of hydrogen-bond donors (Lipinski definition) is 1. The van der Waals surface area contributed by atoms with Crippen LogP contribution in [0.25, 0.3) is 11.1 Å². The van der Waals surface area contributed by atoms with Crippen molar-refractivity contribution in [2.24, 2.45) is 0 Å². The number of para-hydroxylation sites is 1. The van der Waals surface area contributed by atoms with Gasteiger partial charge in [-0.05, 0) is 36.8 Å². The molecule has 2 aromatic carbocycles. The zero-order valence-electron chi connectivity index (χ0n) is 14.8. The summed E-state index contributed by atoms with van der Waals surface area (Å²) in [5.41, 5.74) is 0.535. The molecule has 0 radical (unpaired) electrons. The van der Waals surface area contributed by atoms with E-state index in [4.69, 9.17) is 4.74 Å². The summed E-state index contributed by atoms with van der Waals surface area (Å²) in [5, 5.41) is 9.34. The highest BCUT2D eigenvalue weighted by molar-refractivity contribution is 5.75. The van der Waals surface area contributed by atoms with Gasteiger partial charge < -0.3 is 9.72 Å². The van der Waals surface area contributed by atoms with Crippen molar-refractivity contribution >= 4 is 0 Å². The van der Waals surface area contributed by atoms with Gasteiger partial charge in [-0.15, -0.1) is 0 Å². The Morgan fingerprint density at radius 1 is 1.07 bits per heavy atom. The van der Waals surface area contributed by atoms with Gasteiger partial charge >= 0.3 is 6.18 Å². The molecule has 0 fully saturated rings. The van der Waals surface area contributed by atoms with Crippen LogP contribution in [0.3, 0.4) is 0 Å². The van der Waals surface area contributed by atoms with Gasteiger partial charge in [0.05, 0.1) is 5.56 Å². The number of aromatic amines is 1. The van der Waals surface area contributed by atoms with Gasteiger partial charge in [0.1, 0.15) is 24.0 Å². The third-order valence-electron chi connectivity index (χ3n) is 4.11. The molecule has 0 aliphatic rings. The van der Waals surface area contributed by atoms with Gasteiger partial charge in [0, 0.05) is 16.8 Å². The molecular formula is C21H15F3N2O2. The van der Waals surface area contributed by atoms with Crippen molar-refractivity contribution in [3.8, 4) is 22.9 Å². The Bertz CT molecular complexity index is 1110. The number of nitrogens with one attached hydrogen (secondary N) is 1. The molecule has 0 aliphatic carbocycles. The fourth-order valence-electron chi connectivity index (χ4n) is 2.83. The third kappa shape index (κ3) is 4.07. The van der Waals surface area contributed by atoms with E-state index in [1.807, 2.05) is 6.07 Å². The highest BCUT2D eigenvalue weighted by atomic mass is 19.4. The molecule has 28 heavy (non-hydrogen) atoms. The maximum absolute atomic E-state index is 12.9. The van der Waals surface area contributed by atoms with Crippen molar-refractivity contribution in [3.05, 3.63) is 87.3 Å². The lowest BCUT2D eigenvalue weighted by Crippen LogP contribution is -2.13. The number of benzene rings is 2. The van der Waals surface area contributed by atoms with Crippen molar-refractivity contribution in [3.63, 3.8) is 0 Å². The summed E-state index contributed by atoms with van der Waals surface area (Å²) in [6, 6.07) is 15.2. The first kappa shape index (κ1) is 19.2. The van der Waals surface area contributed by atoms with Gasteiger partial charge in [0.15, 0.2) is 0 Å². The van der Waals surface area contributed by atoms with E-state index in [9.17, 15) is 23.2 Å². The average Bonchev–Trinajstić information content (AvgIpc) is 2.65. The fraction of sp³-hybridized carbons (Fsp3) is 0.143. The van der Waals surface area contributed by atoms with E-state index >= 15 is 0 Å². The number of nitrogens with zero attached hydrogens (tertiary/aromatic N) is 1. The van der Waals surface area contributed by atoms with E-state index in [2.05, 4.69) is 4.98 Å². The van der Waals surface area contributed by atoms with E-state index < -0.39 is 17.3 Å². The van der Waals surface area contributed by atoms with E-state index in [1.54, 1.807) is 37.3 Å². The number of hydrogen-bond acceptors (Lipinski definition) is 3. The lowest BCUT2D eigenvalue weighted by atomic mass is 10.00. The lowest BCUT2D eigenvalue weighted by Gasteiger charge is -2.14. The zero-order chi connectivity index (χ0) is 20.3. The molecular weight excluding hydrogens is 369 g/mol. The number of nitriles is 1. The Morgan fingerprint density at radius 2 is 1.82 bits per heavy atom. The molecule has 0 spiro atoms. The summed E-state index contributed by atoms with van der Waals surface area (Å²) in [4.78, 5) is 14.6. The predicted molar refractivity (Wildman–Crippen MR) is 97.7 cm³/mol. The van der Waals surface area contributed by atoms with E-state index in [1.165, 1.54) is 12.1 Å². The molecule has 3 aromatic rings. The minimum atomic E-state index is -4.43. The number of ether oxygens (including phenoxy) is 1. The predicted octanol–water partition coefficient (Wildman–Crippen LogP) is 4.82. The Morgan fingerprint density at radius 3 is 2.54 bits per heavy atom. The lowest BCUT2D eigenvalue weighted by molar-refractivity contribution is -0.137. The number of aryl methyl sites for hydroxylation is 1. The minimum absolute atomic E-state index is 0.0549. The summed E-state index contributed by atoms with van der Waals surface area (Å²) in [7, 11) is 0. The van der Waals surface area contributed by atoms with Crippen LogP contribution in [0.15, 0.2) is 59.4 Å². The smallest absolute Gasteiger partial charge is 0.416 e. The number of pyridine rings is 1. The first-order valence-corrected chi connectivity index (χ1v) is 8.32. The van der Waals surface area contributed by atoms with E-state index in [-0.39, 0.29) is 12.2 Å². The molecule has 0 saturated heterocycles. The molecule has 1 N–H and O–H groups in total. The van der Waals surface area contributed by atoms with E-state index in [0.717, 1.165) is 12.1 Å². The summed E-state index contributed by atoms with van der Waals surface area (Å²) in [6.45, 7) is 1.60. The Labute approximate surface area is 158 Å². The molecule has 0 amide bonds. The normalized spacial score (nSPS) is 11.1. The first-order chi connectivity index (χ1) is 13.3. The first-order valence-electron chi connectivity index (χ1n) is 8.32. The second-order valence-corrected chi connectivity index (χ2v) is 6.16. The molecule has 1 heterocycles. The van der Waals surface area contributed by atoms with Crippen LogP contribution in [0.5, 0.6) is 5.75 Å². The molecule has 0 atom stereocenters. The maximum atomic E-state index is 12.9. The zero-order valence-corrected chi connectivity index (χ0v) is 14.8. The summed E-state index contributed by atoms with van der Waals surface area (Å²) >= 11 is 0. The van der Waals surface area contributed by atoms with Crippen molar-refractivity contribution in [1.82, 2.24) is 4.98 Å². The topological polar surface area (TPSA) is 65.9 Å². The summed E-state index contributed by atoms with van der Waals surface area (Å²) < 4.78 is 44.4. The average molecular weight is 384 g/mol. The van der Waals surface area contributed by atoms with Gasteiger partial charge in [-0.3, -0.25) is 4.79 Å². The Balaban J connectivity index is 1.95. The number of alkyl halides is 3. The molecule has 0 aliphatic heterocycles. The monoisotopic (exact) mass is 384 g/mol. The van der Waals surface area contributed by atoms with E-state index in [0.29, 0.717) is 28.1 Å². The van der Waals surface area contributed by atoms with Gasteiger partial charge in [-0.1, -0.05) is 30.3 Å². The minimum Gasteiger partial charge on any atom is -0.488 e. The van der Waals surface area contributed by atoms with Crippen LogP contribution in [0.4, 0.5) is 13.2 Å². The molecule has 4 nitrogen and oxygen atoms in total. The van der Waals surface area contributed by atoms with Crippen LogP contribution in [-0.2, 0) is 12.8 Å². The molecule has 142 valence electrons. The second kappa shape index (κ2) is 7.61. The molecule has 7 heteroatoms. The number of aromatic nitrogens is 1. The van der Waals surface area contributed by atoms with Gasteiger partial charge in [-0.2, -0.15) is 18.4 Å². The second-order valence-electron chi connectivity index (χ2n) is 6.16. The van der Waals surface area contributed by atoms with Crippen molar-refractivity contribution in [2.45, 2.75) is 19.7 Å². The van der Waals surface area contributed by atoms with Gasteiger partial charge in [0.25, 0.3) is 5.56 Å². The Hall–Kier alpha value is -3.53. The maximum Gasteiger partial charge on any atom is 0.416 e. The number of rotatable bonds is 4. The fourth-order valence-corrected chi connectivity index (χ4v) is 2.83. The van der Waals surface area contributed by atoms with Crippen molar-refractivity contribution in [1.29, 1.82) is 5.26 Å². The quantitative estimate of drug-likeness (QED) is 0.701. The highest BCUT2D eigenvalue weighted by Crippen LogP contribution is 2.33. The standard InChI is InChI=1S/C21H15F3N2O2/c1-13-9-17(18(11-25)20(27)26-13)16-7-2-3-8-19(16)28-12-14-5-4-6-15(10-14)21(22,23)24/h2-10H,12H2,1H3,(H,26,27). The molecule has 3 rings (SSSR count). The van der Waals surface area contributed by atoms with Crippen LogP contribution in [0.1, 0.15) is 22.4 Å². The van der Waals surface area contributed by atoms with Crippen LogP contribution in [0.2, 0.25) is 0 Å². The molecule has 0 unspecified atom stereocenters. The third-order valence-corrected chi connectivity index (χ3v) is 4.11. The number of H-pyrrole nitrogens is 1. The molecule has 0 bridgehead atoms. The molecule has 0 saturated carbocycles. The Kier molecular flexibility index (Phi) is 5.23. The van der Waals surface area contributed by atoms with Crippen molar-refractivity contribution in [2.75, 3.05) is 0 Å². The summed E-state index contributed by atoms with van der Waals surface area (Å²) in [6.07, 6.45) is -4.43. The SMILES string of the molecule is Cc1cc(-c2ccccc2OCc2cccc(C(F)(F)F)c2)c(C#N)c(=O)[nH]1. The molecule has 1 aromatic heterocycles. The van der Waals surface area contributed by atoms with Crippen LogP contribution in [0, 0.1) is 18.3 Å². The van der Waals surface area contributed by atoms with Crippen LogP contribution < -0.4 is 10.3 Å².